The van der Waals surface area contributed by atoms with Gasteiger partial charge in [0.05, 0.1) is 16.4 Å². The fourth-order valence-corrected chi connectivity index (χ4v) is 9.73. The normalized spacial score (nSPS) is 12.6. The van der Waals surface area contributed by atoms with Gasteiger partial charge in [-0.05, 0) is 73.8 Å². The summed E-state index contributed by atoms with van der Waals surface area (Å²) >= 11 is 0. The lowest BCUT2D eigenvalue weighted by atomic mass is 9.67. The van der Waals surface area contributed by atoms with Crippen LogP contribution >= 0.6 is 0 Å². The van der Waals surface area contributed by atoms with Crippen molar-refractivity contribution in [2.75, 3.05) is 0 Å². The Hall–Kier alpha value is -8.21. The van der Waals surface area contributed by atoms with Gasteiger partial charge in [-0.25, -0.2) is 4.98 Å². The molecule has 1 aliphatic rings. The lowest BCUT2D eigenvalue weighted by Gasteiger charge is -2.34. The van der Waals surface area contributed by atoms with E-state index in [1.807, 2.05) is 12.1 Å². The quantitative estimate of drug-likeness (QED) is 0.161. The van der Waals surface area contributed by atoms with Gasteiger partial charge in [-0.15, -0.1) is 0 Å². The van der Waals surface area contributed by atoms with Crippen molar-refractivity contribution < 1.29 is 0 Å². The highest BCUT2D eigenvalue weighted by atomic mass is 15.2. The zero-order chi connectivity index (χ0) is 41.0. The van der Waals surface area contributed by atoms with Gasteiger partial charge in [0.2, 0.25) is 5.95 Å². The predicted molar refractivity (Wildman–Crippen MR) is 253 cm³/mol. The molecule has 4 nitrogen and oxygen atoms in total. The molecule has 62 heavy (non-hydrogen) atoms. The van der Waals surface area contributed by atoms with E-state index in [1.165, 1.54) is 33.4 Å². The third-order valence-corrected chi connectivity index (χ3v) is 12.6. The van der Waals surface area contributed by atoms with Crippen LogP contribution in [0.15, 0.2) is 231 Å². The fourth-order valence-electron chi connectivity index (χ4n) is 9.73. The molecule has 1 aliphatic carbocycles. The summed E-state index contributed by atoms with van der Waals surface area (Å²) in [5.74, 6) is 1.79. The van der Waals surface area contributed by atoms with Gasteiger partial charge in [-0.1, -0.05) is 212 Å². The number of para-hydroxylation sites is 1. The highest BCUT2D eigenvalue weighted by Crippen LogP contribution is 2.57. The molecule has 4 heteroatoms. The molecule has 9 aromatic carbocycles. The standard InChI is InChI=1S/C58H38N4/c1-5-17-39(18-6-1)41-29-33-43(34-30-41)55-59-56(44-35-31-42(32-36-44)40-19-7-2-8-20-40)61-57(60-55)62-53-28-16-14-26-48(53)50-37-49-47-25-13-15-27-51(47)58(52(49)38-54(50)62,45-21-9-3-10-22-45)46-23-11-4-12-24-46/h1-38H. The van der Waals surface area contributed by atoms with Crippen LogP contribution in [0.5, 0.6) is 0 Å². The summed E-state index contributed by atoms with van der Waals surface area (Å²) in [6.07, 6.45) is 0. The molecule has 0 unspecified atom stereocenters. The number of rotatable bonds is 7. The van der Waals surface area contributed by atoms with Gasteiger partial charge in [0.1, 0.15) is 0 Å². The number of benzene rings is 9. The van der Waals surface area contributed by atoms with E-state index in [4.69, 9.17) is 15.0 Å². The minimum absolute atomic E-state index is 0.555. The van der Waals surface area contributed by atoms with Gasteiger partial charge in [-0.3, -0.25) is 4.57 Å². The van der Waals surface area contributed by atoms with E-state index in [-0.39, 0.29) is 0 Å². The number of aromatic nitrogens is 4. The maximum absolute atomic E-state index is 5.37. The van der Waals surface area contributed by atoms with Crippen molar-refractivity contribution in [2.24, 2.45) is 0 Å². The zero-order valence-electron chi connectivity index (χ0n) is 33.7. The van der Waals surface area contributed by atoms with Crippen molar-refractivity contribution in [3.63, 3.8) is 0 Å². The molecule has 0 saturated carbocycles. The topological polar surface area (TPSA) is 43.6 Å². The molecule has 0 amide bonds. The Morgan fingerprint density at radius 2 is 0.758 bits per heavy atom. The summed E-state index contributed by atoms with van der Waals surface area (Å²) in [4.78, 5) is 15.9. The van der Waals surface area contributed by atoms with Gasteiger partial charge in [0, 0.05) is 21.9 Å². The Kier molecular flexibility index (Phi) is 8.36. The number of hydrogen-bond donors (Lipinski definition) is 0. The Bertz CT molecular complexity index is 3270. The van der Waals surface area contributed by atoms with Crippen molar-refractivity contribution in [3.8, 4) is 62.1 Å². The largest absolute Gasteiger partial charge is 0.278 e. The van der Waals surface area contributed by atoms with E-state index in [0.717, 1.165) is 55.2 Å². The van der Waals surface area contributed by atoms with Crippen molar-refractivity contribution >= 4 is 21.8 Å². The Labute approximate surface area is 360 Å². The monoisotopic (exact) mass is 790 g/mol. The molecule has 290 valence electrons. The van der Waals surface area contributed by atoms with Gasteiger partial charge < -0.3 is 0 Å². The second kappa shape index (κ2) is 14.5. The lowest BCUT2D eigenvalue weighted by molar-refractivity contribution is 0.769. The molecular formula is C58H38N4. The average molecular weight is 791 g/mol. The van der Waals surface area contributed by atoms with E-state index in [9.17, 15) is 0 Å². The van der Waals surface area contributed by atoms with Crippen LogP contribution in [0.4, 0.5) is 0 Å². The first-order chi connectivity index (χ1) is 30.7. The summed E-state index contributed by atoms with van der Waals surface area (Å²) in [5.41, 5.74) is 15.4. The molecule has 0 saturated heterocycles. The molecule has 2 aromatic heterocycles. The first-order valence-corrected chi connectivity index (χ1v) is 21.1. The van der Waals surface area contributed by atoms with E-state index in [0.29, 0.717) is 17.6 Å². The van der Waals surface area contributed by atoms with Gasteiger partial charge in [0.25, 0.3) is 0 Å². The minimum atomic E-state index is -0.555. The van der Waals surface area contributed by atoms with E-state index in [2.05, 4.69) is 223 Å². The second-order valence-corrected chi connectivity index (χ2v) is 16.0. The number of fused-ring (bicyclic) bond motifs is 6. The minimum Gasteiger partial charge on any atom is -0.278 e. The van der Waals surface area contributed by atoms with Crippen LogP contribution in [-0.2, 0) is 5.41 Å². The van der Waals surface area contributed by atoms with Crippen molar-refractivity contribution in [1.82, 2.24) is 19.5 Å². The molecule has 11 aromatic rings. The second-order valence-electron chi connectivity index (χ2n) is 16.0. The molecule has 0 bridgehead atoms. The van der Waals surface area contributed by atoms with Crippen molar-refractivity contribution in [3.05, 3.63) is 253 Å². The lowest BCUT2D eigenvalue weighted by Crippen LogP contribution is -2.28. The van der Waals surface area contributed by atoms with E-state index < -0.39 is 5.41 Å². The summed E-state index contributed by atoms with van der Waals surface area (Å²) in [6.45, 7) is 0. The first kappa shape index (κ1) is 35.7. The summed E-state index contributed by atoms with van der Waals surface area (Å²) in [6, 6.07) is 82.3. The molecular weight excluding hydrogens is 753 g/mol. The Morgan fingerprint density at radius 1 is 0.306 bits per heavy atom. The predicted octanol–water partition coefficient (Wildman–Crippen LogP) is 14.0. The highest BCUT2D eigenvalue weighted by molar-refractivity contribution is 6.12. The molecule has 0 atom stereocenters. The molecule has 12 rings (SSSR count). The summed E-state index contributed by atoms with van der Waals surface area (Å²) < 4.78 is 2.25. The van der Waals surface area contributed by atoms with Crippen LogP contribution < -0.4 is 0 Å². The maximum Gasteiger partial charge on any atom is 0.238 e. The molecule has 0 radical (unpaired) electrons. The molecule has 2 heterocycles. The van der Waals surface area contributed by atoms with Gasteiger partial charge in [-0.2, -0.15) is 9.97 Å². The highest BCUT2D eigenvalue weighted by Gasteiger charge is 2.46. The van der Waals surface area contributed by atoms with Crippen LogP contribution in [-0.4, -0.2) is 19.5 Å². The van der Waals surface area contributed by atoms with Gasteiger partial charge >= 0.3 is 0 Å². The third-order valence-electron chi connectivity index (χ3n) is 12.6. The average Bonchev–Trinajstić information content (AvgIpc) is 3.84. The fraction of sp³-hybridized carbons (Fsp3) is 0.0172. The molecule has 0 fully saturated rings. The molecule has 0 aliphatic heterocycles. The van der Waals surface area contributed by atoms with Crippen LogP contribution in [0.1, 0.15) is 22.3 Å². The van der Waals surface area contributed by atoms with E-state index >= 15 is 0 Å². The zero-order valence-corrected chi connectivity index (χ0v) is 33.7. The molecule has 0 spiro atoms. The molecule has 0 N–H and O–H groups in total. The maximum atomic E-state index is 5.37. The van der Waals surface area contributed by atoms with Crippen LogP contribution in [0.25, 0.3) is 83.9 Å². The van der Waals surface area contributed by atoms with Crippen molar-refractivity contribution in [2.45, 2.75) is 5.41 Å². The van der Waals surface area contributed by atoms with Crippen LogP contribution in [0, 0.1) is 0 Å². The Morgan fingerprint density at radius 3 is 1.32 bits per heavy atom. The van der Waals surface area contributed by atoms with Gasteiger partial charge in [0.15, 0.2) is 11.6 Å². The number of hydrogen-bond acceptors (Lipinski definition) is 3. The Balaban J connectivity index is 1.12. The number of nitrogens with zero attached hydrogens (tertiary/aromatic N) is 4. The van der Waals surface area contributed by atoms with E-state index in [1.54, 1.807) is 0 Å². The summed E-state index contributed by atoms with van der Waals surface area (Å²) in [5, 5.41) is 2.29. The first-order valence-electron chi connectivity index (χ1n) is 21.1. The SMILES string of the molecule is c1ccc(-c2ccc(-c3nc(-c4ccc(-c5ccccc5)cc4)nc(-n4c5ccccc5c5cc6c(cc54)C(c4ccccc4)(c4ccccc4)c4ccccc4-6)n3)cc2)cc1. The van der Waals surface area contributed by atoms with Crippen LogP contribution in [0.3, 0.4) is 0 Å². The third kappa shape index (κ3) is 5.65. The van der Waals surface area contributed by atoms with Crippen LogP contribution in [0.2, 0.25) is 0 Å². The smallest absolute Gasteiger partial charge is 0.238 e. The summed E-state index contributed by atoms with van der Waals surface area (Å²) in [7, 11) is 0. The van der Waals surface area contributed by atoms with Crippen molar-refractivity contribution in [1.29, 1.82) is 0 Å².